The maximum Gasteiger partial charge on any atom is 0.0206 e. The third-order valence-electron chi connectivity index (χ3n) is 3.90. The molecule has 0 spiro atoms. The maximum absolute atomic E-state index is 3.53. The second kappa shape index (κ2) is 9.99. The first-order valence-corrected chi connectivity index (χ1v) is 7.77. The average molecular weight is 262 g/mol. The smallest absolute Gasteiger partial charge is 0.0206 e. The highest BCUT2D eigenvalue weighted by Gasteiger charge is 2.09. The lowest BCUT2D eigenvalue weighted by molar-refractivity contribution is 0.233. The number of hydrogen-bond donors (Lipinski definition) is 1. The van der Waals surface area contributed by atoms with E-state index in [1.165, 1.54) is 24.9 Å². The van der Waals surface area contributed by atoms with Gasteiger partial charge in [-0.15, -0.1) is 0 Å². The molecule has 108 valence electrons. The van der Waals surface area contributed by atoms with E-state index in [1.807, 2.05) is 0 Å². The fourth-order valence-electron chi connectivity index (χ4n) is 2.36. The van der Waals surface area contributed by atoms with Crippen LogP contribution >= 0.6 is 0 Å². The Bertz CT molecular complexity index is 306. The Morgan fingerprint density at radius 1 is 1.05 bits per heavy atom. The molecule has 1 aromatic carbocycles. The summed E-state index contributed by atoms with van der Waals surface area (Å²) in [6.45, 7) is 12.5. The number of nitrogens with zero attached hydrogens (tertiary/aromatic N) is 1. The third-order valence-corrected chi connectivity index (χ3v) is 3.90. The van der Waals surface area contributed by atoms with Gasteiger partial charge in [-0.2, -0.15) is 0 Å². The van der Waals surface area contributed by atoms with Crippen LogP contribution < -0.4 is 5.32 Å². The predicted octanol–water partition coefficient (Wildman–Crippen LogP) is 3.53. The molecule has 0 aliphatic rings. The summed E-state index contributed by atoms with van der Waals surface area (Å²) >= 11 is 0. The molecule has 0 aromatic heterocycles. The van der Waals surface area contributed by atoms with Crippen molar-refractivity contribution < 1.29 is 0 Å². The van der Waals surface area contributed by atoms with Crippen molar-refractivity contribution >= 4 is 0 Å². The Morgan fingerprint density at radius 3 is 2.32 bits per heavy atom. The van der Waals surface area contributed by atoms with Gasteiger partial charge >= 0.3 is 0 Å². The van der Waals surface area contributed by atoms with E-state index in [9.17, 15) is 0 Å². The Morgan fingerprint density at radius 2 is 1.74 bits per heavy atom. The van der Waals surface area contributed by atoms with Crippen molar-refractivity contribution in [3.8, 4) is 0 Å². The number of rotatable bonds is 10. The molecule has 0 aliphatic heterocycles. The van der Waals surface area contributed by atoms with E-state index >= 15 is 0 Å². The molecule has 1 aromatic rings. The fourth-order valence-corrected chi connectivity index (χ4v) is 2.36. The molecule has 2 nitrogen and oxygen atoms in total. The van der Waals surface area contributed by atoms with Crippen LogP contribution in [0.25, 0.3) is 0 Å². The molecule has 19 heavy (non-hydrogen) atoms. The largest absolute Gasteiger partial charge is 0.311 e. The first kappa shape index (κ1) is 16.2. The summed E-state index contributed by atoms with van der Waals surface area (Å²) in [6.07, 6.45) is 2.59. The second-order valence-corrected chi connectivity index (χ2v) is 5.24. The maximum atomic E-state index is 3.53. The summed E-state index contributed by atoms with van der Waals surface area (Å²) in [4.78, 5) is 2.57. The summed E-state index contributed by atoms with van der Waals surface area (Å²) < 4.78 is 0. The van der Waals surface area contributed by atoms with Crippen molar-refractivity contribution in [3.05, 3.63) is 35.9 Å². The predicted molar refractivity (Wildman–Crippen MR) is 84.3 cm³/mol. The lowest BCUT2D eigenvalue weighted by Gasteiger charge is -2.25. The van der Waals surface area contributed by atoms with Crippen molar-refractivity contribution in [1.29, 1.82) is 0 Å². The average Bonchev–Trinajstić information content (AvgIpc) is 2.48. The van der Waals surface area contributed by atoms with Gasteiger partial charge in [0.15, 0.2) is 0 Å². The number of likely N-dealkylation sites (N-methyl/N-ethyl adjacent to an activating group) is 1. The molecule has 0 amide bonds. The molecule has 0 radical (unpaired) electrons. The van der Waals surface area contributed by atoms with E-state index in [4.69, 9.17) is 0 Å². The molecular weight excluding hydrogens is 232 g/mol. The summed E-state index contributed by atoms with van der Waals surface area (Å²) in [5, 5.41) is 3.53. The summed E-state index contributed by atoms with van der Waals surface area (Å²) in [5.41, 5.74) is 1.37. The van der Waals surface area contributed by atoms with E-state index in [-0.39, 0.29) is 0 Å². The molecule has 0 saturated carbocycles. The van der Waals surface area contributed by atoms with Crippen molar-refractivity contribution in [2.45, 2.75) is 40.2 Å². The van der Waals surface area contributed by atoms with E-state index in [0.29, 0.717) is 0 Å². The van der Waals surface area contributed by atoms with Gasteiger partial charge in [-0.05, 0) is 18.0 Å². The van der Waals surface area contributed by atoms with Gasteiger partial charge in [0.2, 0.25) is 0 Å². The molecule has 1 N–H and O–H groups in total. The summed E-state index contributed by atoms with van der Waals surface area (Å²) in [6, 6.07) is 10.6. The van der Waals surface area contributed by atoms with Gasteiger partial charge in [-0.1, -0.05) is 63.9 Å². The van der Waals surface area contributed by atoms with Crippen LogP contribution in [0.2, 0.25) is 0 Å². The van der Waals surface area contributed by atoms with Crippen LogP contribution in [-0.4, -0.2) is 31.1 Å². The summed E-state index contributed by atoms with van der Waals surface area (Å²) in [7, 11) is 0. The Balaban J connectivity index is 2.19. The number of hydrogen-bond acceptors (Lipinski definition) is 2. The van der Waals surface area contributed by atoms with Crippen LogP contribution in [0.4, 0.5) is 0 Å². The van der Waals surface area contributed by atoms with E-state index in [1.54, 1.807) is 0 Å². The van der Waals surface area contributed by atoms with E-state index in [2.05, 4.69) is 61.3 Å². The molecular formula is C17H30N2. The van der Waals surface area contributed by atoms with Gasteiger partial charge in [-0.25, -0.2) is 0 Å². The van der Waals surface area contributed by atoms with Crippen LogP contribution in [-0.2, 0) is 6.54 Å². The normalized spacial score (nSPS) is 11.4. The van der Waals surface area contributed by atoms with Crippen LogP contribution in [0.5, 0.6) is 0 Å². The molecule has 1 rings (SSSR count). The van der Waals surface area contributed by atoms with Crippen molar-refractivity contribution in [2.24, 2.45) is 5.92 Å². The minimum absolute atomic E-state index is 0.856. The molecule has 0 fully saturated rings. The minimum Gasteiger partial charge on any atom is -0.311 e. The standard InChI is InChI=1S/C17H30N2/c1-4-16(5-2)15-19(6-3)13-12-18-14-17-10-8-7-9-11-17/h7-11,16,18H,4-6,12-15H2,1-3H3. The fraction of sp³-hybridized carbons (Fsp3) is 0.647. The van der Waals surface area contributed by atoms with Crippen LogP contribution in [0.1, 0.15) is 39.2 Å². The Kier molecular flexibility index (Phi) is 8.52. The second-order valence-electron chi connectivity index (χ2n) is 5.24. The van der Waals surface area contributed by atoms with Gasteiger partial charge < -0.3 is 10.2 Å². The molecule has 0 saturated heterocycles. The first-order valence-electron chi connectivity index (χ1n) is 7.77. The van der Waals surface area contributed by atoms with E-state index < -0.39 is 0 Å². The van der Waals surface area contributed by atoms with E-state index in [0.717, 1.165) is 32.1 Å². The molecule has 0 heterocycles. The number of nitrogens with one attached hydrogen (secondary N) is 1. The summed E-state index contributed by atoms with van der Waals surface area (Å²) in [5.74, 6) is 0.856. The van der Waals surface area contributed by atoms with Gasteiger partial charge in [0.1, 0.15) is 0 Å². The molecule has 2 heteroatoms. The highest BCUT2D eigenvalue weighted by atomic mass is 15.1. The van der Waals surface area contributed by atoms with Crippen molar-refractivity contribution in [3.63, 3.8) is 0 Å². The molecule has 0 unspecified atom stereocenters. The highest BCUT2D eigenvalue weighted by molar-refractivity contribution is 5.14. The Labute approximate surface area is 119 Å². The zero-order valence-electron chi connectivity index (χ0n) is 12.9. The quantitative estimate of drug-likeness (QED) is 0.649. The molecule has 0 bridgehead atoms. The van der Waals surface area contributed by atoms with Crippen LogP contribution in [0, 0.1) is 5.92 Å². The van der Waals surface area contributed by atoms with Gasteiger partial charge in [0, 0.05) is 26.2 Å². The monoisotopic (exact) mass is 262 g/mol. The van der Waals surface area contributed by atoms with Crippen molar-refractivity contribution in [2.75, 3.05) is 26.2 Å². The van der Waals surface area contributed by atoms with Gasteiger partial charge in [0.25, 0.3) is 0 Å². The first-order chi connectivity index (χ1) is 9.30. The lowest BCUT2D eigenvalue weighted by atomic mass is 10.0. The third kappa shape index (κ3) is 6.74. The lowest BCUT2D eigenvalue weighted by Crippen LogP contribution is -2.35. The van der Waals surface area contributed by atoms with Crippen molar-refractivity contribution in [1.82, 2.24) is 10.2 Å². The van der Waals surface area contributed by atoms with Crippen LogP contribution in [0.3, 0.4) is 0 Å². The zero-order valence-corrected chi connectivity index (χ0v) is 12.9. The SMILES string of the molecule is CCC(CC)CN(CC)CCNCc1ccccc1. The highest BCUT2D eigenvalue weighted by Crippen LogP contribution is 2.09. The topological polar surface area (TPSA) is 15.3 Å². The number of benzene rings is 1. The minimum atomic E-state index is 0.856. The van der Waals surface area contributed by atoms with Gasteiger partial charge in [0.05, 0.1) is 0 Å². The molecule has 0 aliphatic carbocycles. The zero-order chi connectivity index (χ0) is 13.9. The molecule has 0 atom stereocenters. The Hall–Kier alpha value is -0.860. The van der Waals surface area contributed by atoms with Crippen LogP contribution in [0.15, 0.2) is 30.3 Å². The van der Waals surface area contributed by atoms with Gasteiger partial charge in [-0.3, -0.25) is 0 Å².